The van der Waals surface area contributed by atoms with E-state index >= 15 is 0 Å². The van der Waals surface area contributed by atoms with Crippen molar-refractivity contribution in [1.29, 1.82) is 0 Å². The second-order valence-corrected chi connectivity index (χ2v) is 5.75. The molecule has 0 bridgehead atoms. The standard InChI is InChI=1S/C9H12BrNOS/c1-5(2)11-9(12)7-4-6(3)13-8(7)10/h4-5H,1-3H3,(H,11,12). The summed E-state index contributed by atoms with van der Waals surface area (Å²) in [6, 6.07) is 2.08. The molecule has 1 rings (SSSR count). The predicted octanol–water partition coefficient (Wildman–Crippen LogP) is 2.96. The van der Waals surface area contributed by atoms with Gasteiger partial charge in [0.05, 0.1) is 9.35 Å². The van der Waals surface area contributed by atoms with Gasteiger partial charge in [0.15, 0.2) is 0 Å². The van der Waals surface area contributed by atoms with Crippen LogP contribution in [-0.4, -0.2) is 11.9 Å². The maximum Gasteiger partial charge on any atom is 0.253 e. The van der Waals surface area contributed by atoms with Gasteiger partial charge in [-0.1, -0.05) is 0 Å². The number of hydrogen-bond acceptors (Lipinski definition) is 2. The molecular formula is C9H12BrNOS. The molecule has 0 unspecified atom stereocenters. The molecule has 1 heterocycles. The van der Waals surface area contributed by atoms with Crippen LogP contribution in [0.3, 0.4) is 0 Å². The number of nitrogens with one attached hydrogen (secondary N) is 1. The highest BCUT2D eigenvalue weighted by Crippen LogP contribution is 2.27. The molecule has 0 saturated heterocycles. The number of rotatable bonds is 2. The van der Waals surface area contributed by atoms with Crippen LogP contribution in [0.4, 0.5) is 0 Å². The van der Waals surface area contributed by atoms with E-state index in [1.165, 1.54) is 0 Å². The minimum absolute atomic E-state index is 0.00812. The van der Waals surface area contributed by atoms with Crippen molar-refractivity contribution in [1.82, 2.24) is 5.32 Å². The van der Waals surface area contributed by atoms with Crippen molar-refractivity contribution in [3.05, 3.63) is 20.3 Å². The quantitative estimate of drug-likeness (QED) is 0.872. The number of carbonyl (C=O) groups is 1. The van der Waals surface area contributed by atoms with Crippen molar-refractivity contribution < 1.29 is 4.79 Å². The lowest BCUT2D eigenvalue weighted by Gasteiger charge is -2.06. The van der Waals surface area contributed by atoms with E-state index in [4.69, 9.17) is 0 Å². The van der Waals surface area contributed by atoms with Gasteiger partial charge in [-0.25, -0.2) is 0 Å². The molecule has 1 aromatic heterocycles. The van der Waals surface area contributed by atoms with Gasteiger partial charge in [0.1, 0.15) is 0 Å². The minimum atomic E-state index is -0.00812. The number of aryl methyl sites for hydroxylation is 1. The SMILES string of the molecule is Cc1cc(C(=O)NC(C)C)c(Br)s1. The molecule has 0 saturated carbocycles. The fraction of sp³-hybridized carbons (Fsp3) is 0.444. The lowest BCUT2D eigenvalue weighted by molar-refractivity contribution is 0.0943. The van der Waals surface area contributed by atoms with Crippen molar-refractivity contribution in [2.24, 2.45) is 0 Å². The topological polar surface area (TPSA) is 29.1 Å². The van der Waals surface area contributed by atoms with Crippen LogP contribution in [-0.2, 0) is 0 Å². The van der Waals surface area contributed by atoms with Crippen molar-refractivity contribution in [2.75, 3.05) is 0 Å². The minimum Gasteiger partial charge on any atom is -0.350 e. The van der Waals surface area contributed by atoms with Crippen molar-refractivity contribution in [2.45, 2.75) is 26.8 Å². The summed E-state index contributed by atoms with van der Waals surface area (Å²) in [5, 5.41) is 2.85. The summed E-state index contributed by atoms with van der Waals surface area (Å²) in [7, 11) is 0. The fourth-order valence-corrected chi connectivity index (χ4v) is 2.76. The summed E-state index contributed by atoms with van der Waals surface area (Å²) in [5.74, 6) is -0.00812. The first-order chi connectivity index (χ1) is 6.00. The Hall–Kier alpha value is -0.350. The molecule has 72 valence electrons. The van der Waals surface area contributed by atoms with E-state index in [2.05, 4.69) is 21.2 Å². The zero-order valence-electron chi connectivity index (χ0n) is 7.85. The maximum atomic E-state index is 11.6. The number of amides is 1. The number of halogens is 1. The first kappa shape index (κ1) is 10.7. The highest BCUT2D eigenvalue weighted by Gasteiger charge is 2.13. The van der Waals surface area contributed by atoms with Crippen molar-refractivity contribution >= 4 is 33.2 Å². The molecule has 0 atom stereocenters. The van der Waals surface area contributed by atoms with Gasteiger partial charge >= 0.3 is 0 Å². The summed E-state index contributed by atoms with van der Waals surface area (Å²) in [5.41, 5.74) is 0.733. The molecule has 1 aromatic rings. The molecule has 0 radical (unpaired) electrons. The number of thiophene rings is 1. The molecule has 13 heavy (non-hydrogen) atoms. The molecule has 0 fully saturated rings. The smallest absolute Gasteiger partial charge is 0.253 e. The van der Waals surface area contributed by atoms with Gasteiger partial charge in [-0.2, -0.15) is 0 Å². The van der Waals surface area contributed by atoms with Gasteiger partial charge in [0.25, 0.3) is 5.91 Å². The molecule has 1 amide bonds. The van der Waals surface area contributed by atoms with Gasteiger partial charge in [-0.15, -0.1) is 11.3 Å². The van der Waals surface area contributed by atoms with Crippen LogP contribution in [0.25, 0.3) is 0 Å². The van der Waals surface area contributed by atoms with Gasteiger partial charge in [0.2, 0.25) is 0 Å². The van der Waals surface area contributed by atoms with Crippen LogP contribution in [0.15, 0.2) is 9.85 Å². The molecule has 4 heteroatoms. The Morgan fingerprint density at radius 1 is 1.62 bits per heavy atom. The van der Waals surface area contributed by atoms with Gasteiger partial charge < -0.3 is 5.32 Å². The number of carbonyl (C=O) groups excluding carboxylic acids is 1. The Morgan fingerprint density at radius 3 is 2.62 bits per heavy atom. The van der Waals surface area contributed by atoms with Crippen LogP contribution in [0.5, 0.6) is 0 Å². The van der Waals surface area contributed by atoms with Gasteiger partial charge in [-0.05, 0) is 42.8 Å². The average Bonchev–Trinajstić information content (AvgIpc) is 2.28. The van der Waals surface area contributed by atoms with Crippen LogP contribution >= 0.6 is 27.3 Å². The molecular weight excluding hydrogens is 250 g/mol. The zero-order valence-corrected chi connectivity index (χ0v) is 10.3. The second-order valence-electron chi connectivity index (χ2n) is 3.17. The Kier molecular flexibility index (Phi) is 3.50. The lowest BCUT2D eigenvalue weighted by Crippen LogP contribution is -2.29. The largest absolute Gasteiger partial charge is 0.350 e. The third-order valence-corrected chi connectivity index (χ3v) is 3.23. The van der Waals surface area contributed by atoms with E-state index in [0.717, 1.165) is 14.2 Å². The Balaban J connectivity index is 2.82. The molecule has 1 N–H and O–H groups in total. The lowest BCUT2D eigenvalue weighted by atomic mass is 10.3. The molecule has 2 nitrogen and oxygen atoms in total. The van der Waals surface area contributed by atoms with E-state index in [0.29, 0.717) is 0 Å². The highest BCUT2D eigenvalue weighted by molar-refractivity contribution is 9.11. The Bertz CT molecular complexity index is 319. The monoisotopic (exact) mass is 261 g/mol. The Morgan fingerprint density at radius 2 is 2.23 bits per heavy atom. The summed E-state index contributed by atoms with van der Waals surface area (Å²) in [6.07, 6.45) is 0. The molecule has 0 aliphatic carbocycles. The predicted molar refractivity (Wildman–Crippen MR) is 59.4 cm³/mol. The van der Waals surface area contributed by atoms with E-state index in [1.54, 1.807) is 11.3 Å². The summed E-state index contributed by atoms with van der Waals surface area (Å²) >= 11 is 4.95. The van der Waals surface area contributed by atoms with E-state index in [1.807, 2.05) is 26.8 Å². The Labute approximate surface area is 90.5 Å². The third-order valence-electron chi connectivity index (χ3n) is 1.47. The van der Waals surface area contributed by atoms with Crippen molar-refractivity contribution in [3.8, 4) is 0 Å². The van der Waals surface area contributed by atoms with Crippen LogP contribution in [0.2, 0.25) is 0 Å². The highest BCUT2D eigenvalue weighted by atomic mass is 79.9. The van der Waals surface area contributed by atoms with E-state index < -0.39 is 0 Å². The van der Waals surface area contributed by atoms with Crippen molar-refractivity contribution in [3.63, 3.8) is 0 Å². The fourth-order valence-electron chi connectivity index (χ4n) is 0.981. The number of hydrogen-bond donors (Lipinski definition) is 1. The maximum absolute atomic E-state index is 11.6. The van der Waals surface area contributed by atoms with E-state index in [-0.39, 0.29) is 11.9 Å². The van der Waals surface area contributed by atoms with Gasteiger partial charge in [0, 0.05) is 10.9 Å². The summed E-state index contributed by atoms with van der Waals surface area (Å²) < 4.78 is 0.906. The molecule has 0 aromatic carbocycles. The van der Waals surface area contributed by atoms with Gasteiger partial charge in [-0.3, -0.25) is 4.79 Å². The zero-order chi connectivity index (χ0) is 10.0. The summed E-state index contributed by atoms with van der Waals surface area (Å²) in [6.45, 7) is 5.89. The van der Waals surface area contributed by atoms with Crippen LogP contribution in [0.1, 0.15) is 29.1 Å². The third kappa shape index (κ3) is 2.81. The molecule has 0 aliphatic rings. The first-order valence-electron chi connectivity index (χ1n) is 4.07. The van der Waals surface area contributed by atoms with Crippen LogP contribution < -0.4 is 5.32 Å². The second kappa shape index (κ2) is 4.24. The first-order valence-corrected chi connectivity index (χ1v) is 5.68. The normalized spacial score (nSPS) is 10.5. The molecule has 0 spiro atoms. The molecule has 0 aliphatic heterocycles. The van der Waals surface area contributed by atoms with Crippen LogP contribution in [0, 0.1) is 6.92 Å². The van der Waals surface area contributed by atoms with E-state index in [9.17, 15) is 4.79 Å². The summed E-state index contributed by atoms with van der Waals surface area (Å²) in [4.78, 5) is 12.7. The average molecular weight is 262 g/mol.